The quantitative estimate of drug-likeness (QED) is 0.664. The smallest absolute Gasteiger partial charge is 0.243 e. The van der Waals surface area contributed by atoms with E-state index in [0.717, 1.165) is 14.3 Å². The SMILES string of the molecule is COc1ccc(S(=O)(=O)N(C)CC(=O)N[C@H](C)c2ccc(Br)cc2)cc1Cl. The standard InChI is InChI=1S/C18H20BrClN2O4S/c1-12(13-4-6-14(19)7-5-13)21-18(23)11-22(2)27(24,25)15-8-9-17(26-3)16(20)10-15/h4-10,12H,11H2,1-3H3,(H,21,23)/t12-/m1/s1. The van der Waals surface area contributed by atoms with Crippen LogP contribution in [0, 0.1) is 0 Å². The molecule has 0 bridgehead atoms. The number of carbonyl (C=O) groups is 1. The average Bonchev–Trinajstić information content (AvgIpc) is 2.61. The van der Waals surface area contributed by atoms with E-state index in [1.165, 1.54) is 32.4 Å². The van der Waals surface area contributed by atoms with Gasteiger partial charge in [0.2, 0.25) is 15.9 Å². The summed E-state index contributed by atoms with van der Waals surface area (Å²) in [5, 5.41) is 2.97. The van der Waals surface area contributed by atoms with Crippen molar-refractivity contribution >= 4 is 43.5 Å². The topological polar surface area (TPSA) is 75.7 Å². The second-order valence-corrected chi connectivity index (χ2v) is 9.27. The Bertz CT molecular complexity index is 919. The lowest BCUT2D eigenvalue weighted by molar-refractivity contribution is -0.121. The molecule has 0 heterocycles. The van der Waals surface area contributed by atoms with E-state index < -0.39 is 15.9 Å². The van der Waals surface area contributed by atoms with E-state index in [4.69, 9.17) is 16.3 Å². The molecule has 0 aromatic heterocycles. The summed E-state index contributed by atoms with van der Waals surface area (Å²) < 4.78 is 32.3. The molecule has 2 aromatic rings. The monoisotopic (exact) mass is 474 g/mol. The van der Waals surface area contributed by atoms with Crippen LogP contribution < -0.4 is 10.1 Å². The highest BCUT2D eigenvalue weighted by molar-refractivity contribution is 9.10. The minimum atomic E-state index is -3.86. The molecular weight excluding hydrogens is 456 g/mol. The van der Waals surface area contributed by atoms with E-state index in [9.17, 15) is 13.2 Å². The molecule has 0 saturated carbocycles. The molecule has 9 heteroatoms. The summed E-state index contributed by atoms with van der Waals surface area (Å²) in [6.07, 6.45) is 0. The molecule has 0 aliphatic heterocycles. The first-order chi connectivity index (χ1) is 12.6. The molecule has 146 valence electrons. The van der Waals surface area contributed by atoms with Gasteiger partial charge in [-0.05, 0) is 42.8 Å². The van der Waals surface area contributed by atoms with Gasteiger partial charge < -0.3 is 10.1 Å². The highest BCUT2D eigenvalue weighted by Crippen LogP contribution is 2.28. The fourth-order valence-electron chi connectivity index (χ4n) is 2.40. The summed E-state index contributed by atoms with van der Waals surface area (Å²) in [7, 11) is -1.07. The number of carbonyl (C=O) groups excluding carboxylic acids is 1. The van der Waals surface area contributed by atoms with Gasteiger partial charge in [0.15, 0.2) is 0 Å². The van der Waals surface area contributed by atoms with Gasteiger partial charge in [-0.3, -0.25) is 4.79 Å². The van der Waals surface area contributed by atoms with Crippen LogP contribution in [0.4, 0.5) is 0 Å². The lowest BCUT2D eigenvalue weighted by Gasteiger charge is -2.20. The minimum Gasteiger partial charge on any atom is -0.495 e. The maximum atomic E-state index is 12.7. The Labute approximate surface area is 172 Å². The van der Waals surface area contributed by atoms with E-state index in [-0.39, 0.29) is 22.5 Å². The lowest BCUT2D eigenvalue weighted by Crippen LogP contribution is -2.39. The number of amides is 1. The number of rotatable bonds is 7. The molecule has 1 amide bonds. The van der Waals surface area contributed by atoms with Gasteiger partial charge in [0.05, 0.1) is 29.6 Å². The van der Waals surface area contributed by atoms with Crippen molar-refractivity contribution < 1.29 is 17.9 Å². The molecule has 2 rings (SSSR count). The van der Waals surface area contributed by atoms with Crippen molar-refractivity contribution in [1.29, 1.82) is 0 Å². The summed E-state index contributed by atoms with van der Waals surface area (Å²) >= 11 is 9.36. The number of hydrogen-bond acceptors (Lipinski definition) is 4. The van der Waals surface area contributed by atoms with Crippen molar-refractivity contribution in [2.45, 2.75) is 17.9 Å². The first-order valence-corrected chi connectivity index (χ1v) is 10.6. The molecule has 0 radical (unpaired) electrons. The van der Waals surface area contributed by atoms with Crippen LogP contribution in [0.3, 0.4) is 0 Å². The van der Waals surface area contributed by atoms with Gasteiger partial charge in [0.25, 0.3) is 0 Å². The van der Waals surface area contributed by atoms with Crippen molar-refractivity contribution in [2.24, 2.45) is 0 Å². The number of nitrogens with one attached hydrogen (secondary N) is 1. The van der Waals surface area contributed by atoms with Crippen molar-refractivity contribution in [3.63, 3.8) is 0 Å². The van der Waals surface area contributed by atoms with Crippen LogP contribution in [0.1, 0.15) is 18.5 Å². The fraction of sp³-hybridized carbons (Fsp3) is 0.278. The minimum absolute atomic E-state index is 0.00967. The third-order valence-electron chi connectivity index (χ3n) is 3.95. The Morgan fingerprint density at radius 1 is 1.26 bits per heavy atom. The number of nitrogens with zero attached hydrogens (tertiary/aromatic N) is 1. The molecule has 0 saturated heterocycles. The van der Waals surface area contributed by atoms with E-state index in [0.29, 0.717) is 5.75 Å². The predicted molar refractivity (Wildman–Crippen MR) is 109 cm³/mol. The Morgan fingerprint density at radius 3 is 2.44 bits per heavy atom. The second-order valence-electron chi connectivity index (χ2n) is 5.90. The molecule has 1 atom stereocenters. The van der Waals surface area contributed by atoms with Crippen LogP contribution in [0.2, 0.25) is 5.02 Å². The fourth-order valence-corrected chi connectivity index (χ4v) is 4.14. The summed E-state index contributed by atoms with van der Waals surface area (Å²) in [5.74, 6) is -0.0320. The number of likely N-dealkylation sites (N-methyl/N-ethyl adjacent to an activating group) is 1. The van der Waals surface area contributed by atoms with Gasteiger partial charge in [0.1, 0.15) is 5.75 Å². The van der Waals surface area contributed by atoms with Crippen LogP contribution >= 0.6 is 27.5 Å². The number of ether oxygens (including phenoxy) is 1. The molecule has 0 aliphatic carbocycles. The maximum Gasteiger partial charge on any atom is 0.243 e. The predicted octanol–water partition coefficient (Wildman–Crippen LogP) is 3.61. The average molecular weight is 476 g/mol. The van der Waals surface area contributed by atoms with Gasteiger partial charge in [-0.15, -0.1) is 0 Å². The molecule has 2 aromatic carbocycles. The Kier molecular flexibility index (Phi) is 7.27. The third kappa shape index (κ3) is 5.44. The van der Waals surface area contributed by atoms with Gasteiger partial charge >= 0.3 is 0 Å². The van der Waals surface area contributed by atoms with Crippen LogP contribution in [0.5, 0.6) is 5.75 Å². The number of benzene rings is 2. The Hall–Kier alpha value is -1.61. The Morgan fingerprint density at radius 2 is 1.89 bits per heavy atom. The van der Waals surface area contributed by atoms with E-state index >= 15 is 0 Å². The van der Waals surface area contributed by atoms with E-state index in [1.807, 2.05) is 31.2 Å². The maximum absolute atomic E-state index is 12.7. The van der Waals surface area contributed by atoms with Crippen molar-refractivity contribution in [3.05, 3.63) is 57.5 Å². The molecule has 0 unspecified atom stereocenters. The zero-order chi connectivity index (χ0) is 20.2. The van der Waals surface area contributed by atoms with Gasteiger partial charge in [0, 0.05) is 11.5 Å². The zero-order valence-electron chi connectivity index (χ0n) is 15.1. The largest absolute Gasteiger partial charge is 0.495 e. The summed E-state index contributed by atoms with van der Waals surface area (Å²) in [6, 6.07) is 11.4. The highest BCUT2D eigenvalue weighted by atomic mass is 79.9. The van der Waals surface area contributed by atoms with Gasteiger partial charge in [-0.25, -0.2) is 8.42 Å². The number of hydrogen-bond donors (Lipinski definition) is 1. The molecule has 0 spiro atoms. The third-order valence-corrected chi connectivity index (χ3v) is 6.57. The van der Waals surface area contributed by atoms with Crippen LogP contribution in [-0.4, -0.2) is 39.3 Å². The molecule has 1 N–H and O–H groups in total. The molecule has 0 aliphatic rings. The van der Waals surface area contributed by atoms with Crippen LogP contribution in [0.25, 0.3) is 0 Å². The summed E-state index contributed by atoms with van der Waals surface area (Å²) in [4.78, 5) is 12.3. The highest BCUT2D eigenvalue weighted by Gasteiger charge is 2.24. The Balaban J connectivity index is 2.06. The normalized spacial score (nSPS) is 12.7. The number of methoxy groups -OCH3 is 1. The van der Waals surface area contributed by atoms with Crippen LogP contribution in [0.15, 0.2) is 51.8 Å². The van der Waals surface area contributed by atoms with E-state index in [2.05, 4.69) is 21.2 Å². The van der Waals surface area contributed by atoms with Crippen molar-refractivity contribution in [3.8, 4) is 5.75 Å². The molecular formula is C18H20BrClN2O4S. The first-order valence-electron chi connectivity index (χ1n) is 8.00. The van der Waals surface area contributed by atoms with E-state index in [1.54, 1.807) is 0 Å². The number of halogens is 2. The molecule has 27 heavy (non-hydrogen) atoms. The molecule has 6 nitrogen and oxygen atoms in total. The van der Waals surface area contributed by atoms with Crippen molar-refractivity contribution in [1.82, 2.24) is 9.62 Å². The molecule has 0 fully saturated rings. The van der Waals surface area contributed by atoms with Gasteiger partial charge in [-0.1, -0.05) is 39.7 Å². The van der Waals surface area contributed by atoms with Gasteiger partial charge in [-0.2, -0.15) is 4.31 Å². The lowest BCUT2D eigenvalue weighted by atomic mass is 10.1. The van der Waals surface area contributed by atoms with Crippen LogP contribution in [-0.2, 0) is 14.8 Å². The zero-order valence-corrected chi connectivity index (χ0v) is 18.2. The second kappa shape index (κ2) is 9.05. The van der Waals surface area contributed by atoms with Crippen molar-refractivity contribution in [2.75, 3.05) is 20.7 Å². The summed E-state index contributed by atoms with van der Waals surface area (Å²) in [5.41, 5.74) is 0.916. The summed E-state index contributed by atoms with van der Waals surface area (Å²) in [6.45, 7) is 1.52. The first kappa shape index (κ1) is 21.7. The number of sulfonamides is 1.